The van der Waals surface area contributed by atoms with E-state index >= 15 is 0 Å². The Kier molecular flexibility index (Phi) is 3.70. The number of likely N-dealkylation sites (tertiary alicyclic amines) is 1. The summed E-state index contributed by atoms with van der Waals surface area (Å²) in [6.45, 7) is -0.509. The topological polar surface area (TPSA) is 60.8 Å². The quantitative estimate of drug-likeness (QED) is 0.760. The van der Waals surface area contributed by atoms with Crippen LogP contribution < -0.4 is 0 Å². The van der Waals surface area contributed by atoms with Crippen molar-refractivity contribution in [1.82, 2.24) is 4.90 Å². The Hall–Kier alpha value is -1.67. The lowest BCUT2D eigenvalue weighted by Gasteiger charge is -2.17. The van der Waals surface area contributed by atoms with Gasteiger partial charge in [-0.05, 0) is 18.2 Å². The molecule has 1 aliphatic heterocycles. The number of hydrogen-bond acceptors (Lipinski definition) is 3. The van der Waals surface area contributed by atoms with Crippen LogP contribution in [0, 0.1) is 5.82 Å². The Morgan fingerprint density at radius 1 is 1.20 bits per heavy atom. The molecule has 0 aromatic heterocycles. The molecule has 4 nitrogen and oxygen atoms in total. The first-order valence-corrected chi connectivity index (χ1v) is 5.72. The molecule has 1 heterocycles. The Bertz CT molecular complexity index is 522. The number of β-amino-alcohol motifs (C(OH)–C–C–N with tert-alkyl or cyclic N) is 2. The minimum atomic E-state index is -4.69. The number of aliphatic hydroxyl groups excluding tert-OH is 2. The van der Waals surface area contributed by atoms with Crippen molar-refractivity contribution < 1.29 is 32.6 Å². The van der Waals surface area contributed by atoms with E-state index in [0.29, 0.717) is 18.2 Å². The number of halogens is 4. The van der Waals surface area contributed by atoms with E-state index in [2.05, 4.69) is 0 Å². The lowest BCUT2D eigenvalue weighted by molar-refractivity contribution is -0.137. The van der Waals surface area contributed by atoms with Crippen molar-refractivity contribution in [2.75, 3.05) is 13.1 Å². The molecule has 1 aliphatic rings. The molecule has 110 valence electrons. The van der Waals surface area contributed by atoms with Crippen LogP contribution in [0.2, 0.25) is 0 Å². The van der Waals surface area contributed by atoms with E-state index in [-0.39, 0.29) is 13.1 Å². The number of hydrogen-bond donors (Lipinski definition) is 2. The van der Waals surface area contributed by atoms with Gasteiger partial charge in [0.25, 0.3) is 5.91 Å². The second-order valence-corrected chi connectivity index (χ2v) is 4.54. The fourth-order valence-electron chi connectivity index (χ4n) is 1.97. The normalized spacial score (nSPS) is 23.2. The van der Waals surface area contributed by atoms with Crippen LogP contribution in [-0.2, 0) is 6.18 Å². The van der Waals surface area contributed by atoms with Crippen molar-refractivity contribution >= 4 is 5.91 Å². The fourth-order valence-corrected chi connectivity index (χ4v) is 1.97. The van der Waals surface area contributed by atoms with Gasteiger partial charge in [-0.15, -0.1) is 0 Å². The summed E-state index contributed by atoms with van der Waals surface area (Å²) in [6.07, 6.45) is -7.06. The lowest BCUT2D eigenvalue weighted by Crippen LogP contribution is -2.30. The molecule has 2 N–H and O–H groups in total. The van der Waals surface area contributed by atoms with Crippen LogP contribution in [-0.4, -0.2) is 46.3 Å². The van der Waals surface area contributed by atoms with Crippen LogP contribution in [0.15, 0.2) is 18.2 Å². The number of carbonyl (C=O) groups is 1. The van der Waals surface area contributed by atoms with Crippen molar-refractivity contribution in [3.05, 3.63) is 35.1 Å². The van der Waals surface area contributed by atoms with Crippen LogP contribution >= 0.6 is 0 Å². The van der Waals surface area contributed by atoms with E-state index in [9.17, 15) is 32.6 Å². The van der Waals surface area contributed by atoms with E-state index in [4.69, 9.17) is 0 Å². The first kappa shape index (κ1) is 14.7. The summed E-state index contributed by atoms with van der Waals surface area (Å²) in [6, 6.07) is 1.54. The summed E-state index contributed by atoms with van der Waals surface area (Å²) in [5, 5.41) is 18.6. The van der Waals surface area contributed by atoms with Gasteiger partial charge in [0.1, 0.15) is 5.82 Å². The van der Waals surface area contributed by atoms with Crippen molar-refractivity contribution in [3.8, 4) is 0 Å². The number of amides is 1. The standard InChI is InChI=1S/C12H11F4NO3/c13-8-2-1-6(12(14,15)16)3-7(8)11(20)17-4-9(18)10(19)5-17/h1-3,9-10,18-19H,4-5H2. The lowest BCUT2D eigenvalue weighted by atomic mass is 10.1. The number of alkyl halides is 3. The van der Waals surface area contributed by atoms with Gasteiger partial charge in [-0.1, -0.05) is 0 Å². The van der Waals surface area contributed by atoms with Gasteiger partial charge >= 0.3 is 6.18 Å². The second kappa shape index (κ2) is 5.02. The minimum absolute atomic E-state index is 0.254. The van der Waals surface area contributed by atoms with Crippen molar-refractivity contribution in [1.29, 1.82) is 0 Å². The SMILES string of the molecule is O=C(c1cc(C(F)(F)F)ccc1F)N1CC(O)C(O)C1. The van der Waals surface area contributed by atoms with Gasteiger partial charge in [-0.2, -0.15) is 13.2 Å². The first-order chi connectivity index (χ1) is 9.20. The number of nitrogens with zero attached hydrogens (tertiary/aromatic N) is 1. The van der Waals surface area contributed by atoms with Crippen molar-refractivity contribution in [2.24, 2.45) is 0 Å². The highest BCUT2D eigenvalue weighted by Gasteiger charge is 2.36. The van der Waals surface area contributed by atoms with Gasteiger partial charge in [0.05, 0.1) is 23.3 Å². The summed E-state index contributed by atoms with van der Waals surface area (Å²) in [5.74, 6) is -2.08. The number of benzene rings is 1. The van der Waals surface area contributed by atoms with Gasteiger partial charge in [0, 0.05) is 13.1 Å². The summed E-state index contributed by atoms with van der Waals surface area (Å²) in [5.41, 5.74) is -1.87. The molecule has 1 amide bonds. The monoisotopic (exact) mass is 293 g/mol. The molecular weight excluding hydrogens is 282 g/mol. The summed E-state index contributed by atoms with van der Waals surface area (Å²) in [7, 11) is 0. The first-order valence-electron chi connectivity index (χ1n) is 5.72. The highest BCUT2D eigenvalue weighted by atomic mass is 19.4. The van der Waals surface area contributed by atoms with E-state index < -0.39 is 41.2 Å². The fraction of sp³-hybridized carbons (Fsp3) is 0.417. The molecule has 1 aromatic carbocycles. The number of carbonyl (C=O) groups excluding carboxylic acids is 1. The van der Waals surface area contributed by atoms with E-state index in [0.717, 1.165) is 4.90 Å². The van der Waals surface area contributed by atoms with E-state index in [1.807, 2.05) is 0 Å². The summed E-state index contributed by atoms with van der Waals surface area (Å²) >= 11 is 0. The molecule has 1 saturated heterocycles. The van der Waals surface area contributed by atoms with Crippen molar-refractivity contribution in [3.63, 3.8) is 0 Å². The molecule has 0 bridgehead atoms. The van der Waals surface area contributed by atoms with E-state index in [1.165, 1.54) is 0 Å². The summed E-state index contributed by atoms with van der Waals surface area (Å²) in [4.78, 5) is 12.8. The molecular formula is C12H11F4NO3. The molecule has 2 rings (SSSR count). The molecule has 20 heavy (non-hydrogen) atoms. The van der Waals surface area contributed by atoms with Crippen LogP contribution in [0.4, 0.5) is 17.6 Å². The zero-order valence-corrected chi connectivity index (χ0v) is 10.1. The van der Waals surface area contributed by atoms with E-state index in [1.54, 1.807) is 0 Å². The Labute approximate surface area is 111 Å². The average Bonchev–Trinajstić information content (AvgIpc) is 2.68. The largest absolute Gasteiger partial charge is 0.416 e. The molecule has 0 spiro atoms. The molecule has 8 heteroatoms. The smallest absolute Gasteiger partial charge is 0.388 e. The van der Waals surface area contributed by atoms with Crippen LogP contribution in [0.5, 0.6) is 0 Å². The molecule has 1 fully saturated rings. The van der Waals surface area contributed by atoms with Gasteiger partial charge in [-0.3, -0.25) is 4.79 Å². The second-order valence-electron chi connectivity index (χ2n) is 4.54. The van der Waals surface area contributed by atoms with Gasteiger partial charge < -0.3 is 15.1 Å². The Morgan fingerprint density at radius 3 is 2.25 bits per heavy atom. The van der Waals surface area contributed by atoms with Crippen LogP contribution in [0.1, 0.15) is 15.9 Å². The molecule has 2 unspecified atom stereocenters. The zero-order chi connectivity index (χ0) is 15.1. The zero-order valence-electron chi connectivity index (χ0n) is 10.1. The maximum Gasteiger partial charge on any atom is 0.416 e. The van der Waals surface area contributed by atoms with Crippen LogP contribution in [0.3, 0.4) is 0 Å². The van der Waals surface area contributed by atoms with Gasteiger partial charge in [-0.25, -0.2) is 4.39 Å². The predicted molar refractivity (Wildman–Crippen MR) is 59.3 cm³/mol. The maximum atomic E-state index is 13.5. The number of rotatable bonds is 1. The van der Waals surface area contributed by atoms with Crippen molar-refractivity contribution in [2.45, 2.75) is 18.4 Å². The molecule has 0 aliphatic carbocycles. The highest BCUT2D eigenvalue weighted by molar-refractivity contribution is 5.95. The molecule has 1 aromatic rings. The van der Waals surface area contributed by atoms with Crippen LogP contribution in [0.25, 0.3) is 0 Å². The molecule has 2 atom stereocenters. The summed E-state index contributed by atoms with van der Waals surface area (Å²) < 4.78 is 51.1. The third-order valence-electron chi connectivity index (χ3n) is 3.07. The van der Waals surface area contributed by atoms with Gasteiger partial charge in [0.15, 0.2) is 0 Å². The third kappa shape index (κ3) is 2.75. The highest BCUT2D eigenvalue weighted by Crippen LogP contribution is 2.30. The predicted octanol–water partition coefficient (Wildman–Crippen LogP) is 1.02. The molecule has 0 radical (unpaired) electrons. The minimum Gasteiger partial charge on any atom is -0.388 e. The van der Waals surface area contributed by atoms with Gasteiger partial charge in [0.2, 0.25) is 0 Å². The third-order valence-corrected chi connectivity index (χ3v) is 3.07. The number of aliphatic hydroxyl groups is 2. The Balaban J connectivity index is 2.30. The Morgan fingerprint density at radius 2 is 1.75 bits per heavy atom. The average molecular weight is 293 g/mol. The molecule has 0 saturated carbocycles. The maximum absolute atomic E-state index is 13.5.